The Hall–Kier alpha value is -1.51. The minimum absolute atomic E-state index is 0.0151. The Kier molecular flexibility index (Phi) is 2.88. The first kappa shape index (κ1) is 12.9. The highest BCUT2D eigenvalue weighted by Gasteiger charge is 2.65. The van der Waals surface area contributed by atoms with Crippen LogP contribution in [0.4, 0.5) is 5.69 Å². The zero-order valence-corrected chi connectivity index (χ0v) is 11.8. The molecular weight excluding hydrogens is 224 g/mol. The molecule has 1 aliphatic carbocycles. The maximum atomic E-state index is 12.1. The zero-order chi connectivity index (χ0) is 13.6. The van der Waals surface area contributed by atoms with Crippen molar-refractivity contribution in [1.29, 1.82) is 0 Å². The van der Waals surface area contributed by atoms with Gasteiger partial charge in [-0.15, -0.1) is 0 Å². The van der Waals surface area contributed by atoms with Gasteiger partial charge < -0.3 is 10.6 Å². The number of carbonyl (C=O) groups excluding carboxylic acids is 1. The van der Waals surface area contributed by atoms with Gasteiger partial charge in [0.05, 0.1) is 0 Å². The van der Waals surface area contributed by atoms with Crippen LogP contribution < -0.4 is 10.6 Å². The van der Waals surface area contributed by atoms with E-state index in [-0.39, 0.29) is 22.8 Å². The summed E-state index contributed by atoms with van der Waals surface area (Å²) in [5, 5.41) is 6.17. The number of amides is 1. The van der Waals surface area contributed by atoms with Crippen LogP contribution >= 0.6 is 0 Å². The highest BCUT2D eigenvalue weighted by Crippen LogP contribution is 2.62. The monoisotopic (exact) mass is 246 g/mol. The van der Waals surface area contributed by atoms with Crippen molar-refractivity contribution >= 4 is 11.6 Å². The maximum absolute atomic E-state index is 12.1. The van der Waals surface area contributed by atoms with E-state index in [1.54, 1.807) is 0 Å². The average Bonchev–Trinajstić information content (AvgIpc) is 2.72. The molecule has 1 amide bonds. The van der Waals surface area contributed by atoms with Crippen LogP contribution in [0.5, 0.6) is 0 Å². The van der Waals surface area contributed by atoms with E-state index in [9.17, 15) is 4.79 Å². The van der Waals surface area contributed by atoms with E-state index in [0.29, 0.717) is 5.56 Å². The van der Waals surface area contributed by atoms with Crippen molar-refractivity contribution in [3.05, 3.63) is 29.8 Å². The van der Waals surface area contributed by atoms with E-state index in [1.165, 1.54) is 0 Å². The van der Waals surface area contributed by atoms with Gasteiger partial charge in [-0.1, -0.05) is 27.7 Å². The summed E-state index contributed by atoms with van der Waals surface area (Å²) in [6, 6.07) is 7.78. The first-order valence-corrected chi connectivity index (χ1v) is 6.39. The minimum Gasteiger partial charge on any atom is -0.388 e. The van der Waals surface area contributed by atoms with Crippen LogP contribution in [0, 0.1) is 10.8 Å². The van der Waals surface area contributed by atoms with Gasteiger partial charge in [0.15, 0.2) is 0 Å². The molecule has 0 aliphatic heterocycles. The molecule has 3 nitrogen and oxygen atoms in total. The number of benzene rings is 1. The van der Waals surface area contributed by atoms with Crippen LogP contribution in [0.3, 0.4) is 0 Å². The number of nitrogens with one attached hydrogen (secondary N) is 2. The number of anilines is 1. The van der Waals surface area contributed by atoms with Gasteiger partial charge in [-0.3, -0.25) is 4.79 Å². The smallest absolute Gasteiger partial charge is 0.251 e. The second-order valence-corrected chi connectivity index (χ2v) is 6.18. The summed E-state index contributed by atoms with van der Waals surface area (Å²) in [5.74, 6) is 0.0151. The molecular formula is C15H22N2O. The van der Waals surface area contributed by atoms with Gasteiger partial charge in [-0.05, 0) is 35.1 Å². The SMILES string of the molecule is CNc1ccc(C(=O)NC2C(C)(C)C2(C)C)cc1. The van der Waals surface area contributed by atoms with E-state index in [4.69, 9.17) is 0 Å². The fourth-order valence-electron chi connectivity index (χ4n) is 2.56. The van der Waals surface area contributed by atoms with Crippen LogP contribution in [0.15, 0.2) is 24.3 Å². The lowest BCUT2D eigenvalue weighted by Crippen LogP contribution is -2.29. The van der Waals surface area contributed by atoms with E-state index in [2.05, 4.69) is 38.3 Å². The Bertz CT molecular complexity index is 446. The van der Waals surface area contributed by atoms with E-state index in [1.807, 2.05) is 31.3 Å². The molecule has 1 aromatic carbocycles. The molecule has 2 N–H and O–H groups in total. The number of hydrogen-bond donors (Lipinski definition) is 2. The molecule has 0 bridgehead atoms. The minimum atomic E-state index is 0.0151. The first-order valence-electron chi connectivity index (χ1n) is 6.39. The molecule has 0 atom stereocenters. The number of hydrogen-bond acceptors (Lipinski definition) is 2. The van der Waals surface area contributed by atoms with Crippen LogP contribution in [0.1, 0.15) is 38.1 Å². The summed E-state index contributed by atoms with van der Waals surface area (Å²) < 4.78 is 0. The lowest BCUT2D eigenvalue weighted by Gasteiger charge is -2.07. The lowest BCUT2D eigenvalue weighted by molar-refractivity contribution is 0.0943. The third kappa shape index (κ3) is 1.88. The van der Waals surface area contributed by atoms with Crippen molar-refractivity contribution in [2.24, 2.45) is 10.8 Å². The molecule has 3 heteroatoms. The Morgan fingerprint density at radius 3 is 1.94 bits per heavy atom. The van der Waals surface area contributed by atoms with Gasteiger partial charge in [0, 0.05) is 24.3 Å². The summed E-state index contributed by atoms with van der Waals surface area (Å²) in [5.41, 5.74) is 2.08. The Morgan fingerprint density at radius 1 is 1.06 bits per heavy atom. The molecule has 0 heterocycles. The molecule has 1 saturated carbocycles. The fraction of sp³-hybridized carbons (Fsp3) is 0.533. The Balaban J connectivity index is 2.05. The van der Waals surface area contributed by atoms with Gasteiger partial charge in [0.2, 0.25) is 0 Å². The van der Waals surface area contributed by atoms with Crippen molar-refractivity contribution in [1.82, 2.24) is 5.32 Å². The summed E-state index contributed by atoms with van der Waals surface area (Å²) >= 11 is 0. The van der Waals surface area contributed by atoms with E-state index >= 15 is 0 Å². The molecule has 18 heavy (non-hydrogen) atoms. The zero-order valence-electron chi connectivity index (χ0n) is 11.8. The van der Waals surface area contributed by atoms with E-state index < -0.39 is 0 Å². The van der Waals surface area contributed by atoms with Crippen LogP contribution in [-0.2, 0) is 0 Å². The number of carbonyl (C=O) groups is 1. The maximum Gasteiger partial charge on any atom is 0.251 e. The molecule has 0 spiro atoms. The lowest BCUT2D eigenvalue weighted by atomic mass is 10.0. The fourth-order valence-corrected chi connectivity index (χ4v) is 2.56. The Morgan fingerprint density at radius 2 is 1.56 bits per heavy atom. The summed E-state index contributed by atoms with van der Waals surface area (Å²) in [4.78, 5) is 12.1. The standard InChI is InChI=1S/C15H22N2O/c1-14(2)13(15(14,3)4)17-12(18)10-6-8-11(16-5)9-7-10/h6-9,13,16H,1-5H3,(H,17,18). The van der Waals surface area contributed by atoms with Gasteiger partial charge in [0.25, 0.3) is 5.91 Å². The summed E-state index contributed by atoms with van der Waals surface area (Å²) in [7, 11) is 1.87. The normalized spacial score (nSPS) is 20.3. The molecule has 1 aliphatic rings. The number of rotatable bonds is 3. The Labute approximate surface area is 109 Å². The van der Waals surface area contributed by atoms with Crippen molar-refractivity contribution in [3.63, 3.8) is 0 Å². The quantitative estimate of drug-likeness (QED) is 0.861. The van der Waals surface area contributed by atoms with Gasteiger partial charge in [-0.25, -0.2) is 0 Å². The second kappa shape index (κ2) is 4.01. The molecule has 0 radical (unpaired) electrons. The molecule has 1 aromatic rings. The molecule has 0 saturated heterocycles. The highest BCUT2D eigenvalue weighted by molar-refractivity contribution is 5.95. The molecule has 0 unspecified atom stereocenters. The third-order valence-electron chi connectivity index (χ3n) is 4.73. The second-order valence-electron chi connectivity index (χ2n) is 6.18. The highest BCUT2D eigenvalue weighted by atomic mass is 16.1. The molecule has 0 aromatic heterocycles. The van der Waals surface area contributed by atoms with Crippen molar-refractivity contribution in [3.8, 4) is 0 Å². The first-order chi connectivity index (χ1) is 8.30. The van der Waals surface area contributed by atoms with Gasteiger partial charge in [0.1, 0.15) is 0 Å². The van der Waals surface area contributed by atoms with Crippen molar-refractivity contribution in [2.75, 3.05) is 12.4 Å². The average molecular weight is 246 g/mol. The van der Waals surface area contributed by atoms with Gasteiger partial charge in [-0.2, -0.15) is 0 Å². The topological polar surface area (TPSA) is 41.1 Å². The van der Waals surface area contributed by atoms with Crippen LogP contribution in [0.2, 0.25) is 0 Å². The summed E-state index contributed by atoms with van der Waals surface area (Å²) in [6.45, 7) is 8.79. The predicted octanol–water partition coefficient (Wildman–Crippen LogP) is 2.89. The summed E-state index contributed by atoms with van der Waals surface area (Å²) in [6.07, 6.45) is 0. The van der Waals surface area contributed by atoms with Crippen molar-refractivity contribution in [2.45, 2.75) is 33.7 Å². The molecule has 98 valence electrons. The predicted molar refractivity (Wildman–Crippen MR) is 74.8 cm³/mol. The largest absolute Gasteiger partial charge is 0.388 e. The molecule has 2 rings (SSSR count). The van der Waals surface area contributed by atoms with E-state index in [0.717, 1.165) is 5.69 Å². The third-order valence-corrected chi connectivity index (χ3v) is 4.73. The van der Waals surface area contributed by atoms with Crippen molar-refractivity contribution < 1.29 is 4.79 Å². The molecule has 1 fully saturated rings. The van der Waals surface area contributed by atoms with Crippen LogP contribution in [0.25, 0.3) is 0 Å². The van der Waals surface area contributed by atoms with Crippen LogP contribution in [-0.4, -0.2) is 19.0 Å². The van der Waals surface area contributed by atoms with Gasteiger partial charge >= 0.3 is 0 Å².